The van der Waals surface area contributed by atoms with Gasteiger partial charge in [-0.15, -0.1) is 0 Å². The third kappa shape index (κ3) is 2.96. The zero-order valence-electron chi connectivity index (χ0n) is 12.2. The number of rotatable bonds is 3. The number of esters is 1. The zero-order chi connectivity index (χ0) is 14.7. The highest BCUT2D eigenvalue weighted by molar-refractivity contribution is 5.78. The van der Waals surface area contributed by atoms with Crippen LogP contribution in [0.15, 0.2) is 30.5 Å². The lowest BCUT2D eigenvalue weighted by atomic mass is 9.98. The van der Waals surface area contributed by atoms with E-state index in [0.717, 1.165) is 30.3 Å². The Morgan fingerprint density at radius 1 is 1.43 bits per heavy atom. The average Bonchev–Trinajstić information content (AvgIpc) is 2.55. The average molecular weight is 285 g/mol. The molecule has 1 unspecified atom stereocenters. The summed E-state index contributed by atoms with van der Waals surface area (Å²) in [5.41, 5.74) is 0.931. The summed E-state index contributed by atoms with van der Waals surface area (Å²) < 4.78 is 5.13. The Labute approximate surface area is 124 Å². The molecular weight excluding hydrogens is 266 g/mol. The van der Waals surface area contributed by atoms with Crippen LogP contribution in [0.2, 0.25) is 0 Å². The van der Waals surface area contributed by atoms with E-state index in [4.69, 9.17) is 4.74 Å². The highest BCUT2D eigenvalue weighted by Gasteiger charge is 2.28. The molecule has 1 aromatic carbocycles. The summed E-state index contributed by atoms with van der Waals surface area (Å²) >= 11 is 0. The lowest BCUT2D eigenvalue weighted by Gasteiger charge is -2.31. The largest absolute Gasteiger partial charge is 0.466 e. The van der Waals surface area contributed by atoms with Gasteiger partial charge in [0.25, 0.3) is 0 Å². The first-order valence-electron chi connectivity index (χ1n) is 7.41. The van der Waals surface area contributed by atoms with Crippen molar-refractivity contribution in [2.24, 2.45) is 5.92 Å². The summed E-state index contributed by atoms with van der Waals surface area (Å²) in [6.45, 7) is 3.79. The van der Waals surface area contributed by atoms with Gasteiger partial charge in [0.1, 0.15) is 0 Å². The third-order valence-electron chi connectivity index (χ3n) is 3.80. The van der Waals surface area contributed by atoms with Crippen LogP contribution in [-0.4, -0.2) is 35.6 Å². The molecule has 0 amide bonds. The standard InChI is InChI=1S/C16H19N3O2/c1-2-21-15(20)13-7-5-9-19(11-13)16-17-10-12-6-3-4-8-14(12)18-16/h3-4,6,8,10,13H,2,5,7,9,11H2,1H3. The van der Waals surface area contributed by atoms with E-state index in [1.165, 1.54) is 0 Å². The lowest BCUT2D eigenvalue weighted by molar-refractivity contribution is -0.148. The number of hydrogen-bond donors (Lipinski definition) is 0. The summed E-state index contributed by atoms with van der Waals surface area (Å²) in [5.74, 6) is 0.513. The highest BCUT2D eigenvalue weighted by Crippen LogP contribution is 2.22. The van der Waals surface area contributed by atoms with Crippen molar-refractivity contribution >= 4 is 22.8 Å². The highest BCUT2D eigenvalue weighted by atomic mass is 16.5. The van der Waals surface area contributed by atoms with Gasteiger partial charge in [-0.25, -0.2) is 9.97 Å². The van der Waals surface area contributed by atoms with Gasteiger partial charge in [-0.1, -0.05) is 18.2 Å². The minimum absolute atomic E-state index is 0.0752. The number of benzene rings is 1. The molecule has 0 radical (unpaired) electrons. The van der Waals surface area contributed by atoms with Crippen LogP contribution < -0.4 is 4.90 Å². The Kier molecular flexibility index (Phi) is 3.99. The first kappa shape index (κ1) is 13.8. The number of ether oxygens (including phenoxy) is 1. The maximum absolute atomic E-state index is 11.9. The summed E-state index contributed by atoms with van der Waals surface area (Å²) in [5, 5.41) is 1.03. The molecular formula is C16H19N3O2. The Balaban J connectivity index is 1.79. The molecule has 0 bridgehead atoms. The molecule has 21 heavy (non-hydrogen) atoms. The van der Waals surface area contributed by atoms with Crippen molar-refractivity contribution in [1.82, 2.24) is 9.97 Å². The van der Waals surface area contributed by atoms with Gasteiger partial charge in [-0.3, -0.25) is 4.79 Å². The van der Waals surface area contributed by atoms with Crippen molar-refractivity contribution in [2.75, 3.05) is 24.6 Å². The number of hydrogen-bond acceptors (Lipinski definition) is 5. The molecule has 110 valence electrons. The van der Waals surface area contributed by atoms with Crippen molar-refractivity contribution in [3.8, 4) is 0 Å². The van der Waals surface area contributed by atoms with Gasteiger partial charge in [0, 0.05) is 24.7 Å². The van der Waals surface area contributed by atoms with E-state index in [1.54, 1.807) is 0 Å². The van der Waals surface area contributed by atoms with Gasteiger partial charge in [0.05, 0.1) is 18.0 Å². The number of para-hydroxylation sites is 1. The number of carbonyl (C=O) groups is 1. The molecule has 0 spiro atoms. The van der Waals surface area contributed by atoms with E-state index in [2.05, 4.69) is 14.9 Å². The number of piperidine rings is 1. The van der Waals surface area contributed by atoms with E-state index < -0.39 is 0 Å². The summed E-state index contributed by atoms with van der Waals surface area (Å²) in [6.07, 6.45) is 3.67. The topological polar surface area (TPSA) is 55.3 Å². The maximum atomic E-state index is 11.9. The number of nitrogens with zero attached hydrogens (tertiary/aromatic N) is 3. The molecule has 1 aliphatic rings. The van der Waals surface area contributed by atoms with E-state index in [-0.39, 0.29) is 11.9 Å². The Bertz CT molecular complexity index is 644. The lowest BCUT2D eigenvalue weighted by Crippen LogP contribution is -2.40. The van der Waals surface area contributed by atoms with Gasteiger partial charge in [-0.05, 0) is 25.8 Å². The molecule has 2 aromatic rings. The summed E-state index contributed by atoms with van der Waals surface area (Å²) in [6, 6.07) is 7.92. The fourth-order valence-electron chi connectivity index (χ4n) is 2.73. The minimum atomic E-state index is -0.108. The van der Waals surface area contributed by atoms with Gasteiger partial charge >= 0.3 is 5.97 Å². The predicted octanol–water partition coefficient (Wildman–Crippen LogP) is 2.41. The van der Waals surface area contributed by atoms with Crippen molar-refractivity contribution in [3.05, 3.63) is 30.5 Å². The molecule has 1 fully saturated rings. The van der Waals surface area contributed by atoms with Crippen LogP contribution in [0.3, 0.4) is 0 Å². The molecule has 5 nitrogen and oxygen atoms in total. The van der Waals surface area contributed by atoms with Gasteiger partial charge in [0.15, 0.2) is 0 Å². The first-order valence-corrected chi connectivity index (χ1v) is 7.41. The van der Waals surface area contributed by atoms with Gasteiger partial charge in [0.2, 0.25) is 5.95 Å². The third-order valence-corrected chi connectivity index (χ3v) is 3.80. The van der Waals surface area contributed by atoms with Crippen molar-refractivity contribution in [3.63, 3.8) is 0 Å². The van der Waals surface area contributed by atoms with Gasteiger partial charge in [-0.2, -0.15) is 0 Å². The second-order valence-corrected chi connectivity index (χ2v) is 5.27. The quantitative estimate of drug-likeness (QED) is 0.811. The maximum Gasteiger partial charge on any atom is 0.310 e. The molecule has 1 atom stereocenters. The molecule has 5 heteroatoms. The zero-order valence-corrected chi connectivity index (χ0v) is 12.2. The molecule has 1 saturated heterocycles. The van der Waals surface area contributed by atoms with Crippen LogP contribution in [0.4, 0.5) is 5.95 Å². The normalized spacial score (nSPS) is 18.7. The SMILES string of the molecule is CCOC(=O)C1CCCN(c2ncc3ccccc3n2)C1. The van der Waals surface area contributed by atoms with Crippen LogP contribution in [0, 0.1) is 5.92 Å². The van der Waals surface area contributed by atoms with E-state index in [0.29, 0.717) is 19.1 Å². The molecule has 3 rings (SSSR count). The predicted molar refractivity (Wildman–Crippen MR) is 81.1 cm³/mol. The smallest absolute Gasteiger partial charge is 0.310 e. The van der Waals surface area contributed by atoms with E-state index >= 15 is 0 Å². The molecule has 1 aromatic heterocycles. The Morgan fingerprint density at radius 2 is 2.29 bits per heavy atom. The van der Waals surface area contributed by atoms with Crippen LogP contribution >= 0.6 is 0 Å². The monoisotopic (exact) mass is 285 g/mol. The van der Waals surface area contributed by atoms with Crippen LogP contribution in [0.5, 0.6) is 0 Å². The van der Waals surface area contributed by atoms with Gasteiger partial charge < -0.3 is 9.64 Å². The minimum Gasteiger partial charge on any atom is -0.466 e. The van der Waals surface area contributed by atoms with E-state index in [9.17, 15) is 4.79 Å². The number of aromatic nitrogens is 2. The summed E-state index contributed by atoms with van der Waals surface area (Å²) in [7, 11) is 0. The molecule has 2 heterocycles. The molecule has 0 aliphatic carbocycles. The van der Waals surface area contributed by atoms with Crippen LogP contribution in [0.1, 0.15) is 19.8 Å². The number of anilines is 1. The molecule has 0 N–H and O–H groups in total. The Hall–Kier alpha value is -2.17. The van der Waals surface area contributed by atoms with Crippen molar-refractivity contribution < 1.29 is 9.53 Å². The number of fused-ring (bicyclic) bond motifs is 1. The fraction of sp³-hybridized carbons (Fsp3) is 0.438. The molecule has 0 saturated carbocycles. The Morgan fingerprint density at radius 3 is 3.14 bits per heavy atom. The molecule has 1 aliphatic heterocycles. The second-order valence-electron chi connectivity index (χ2n) is 5.27. The first-order chi connectivity index (χ1) is 10.3. The van der Waals surface area contributed by atoms with E-state index in [1.807, 2.05) is 37.4 Å². The van der Waals surface area contributed by atoms with Crippen molar-refractivity contribution in [2.45, 2.75) is 19.8 Å². The van der Waals surface area contributed by atoms with Crippen LogP contribution in [0.25, 0.3) is 10.9 Å². The number of carbonyl (C=O) groups excluding carboxylic acids is 1. The fourth-order valence-corrected chi connectivity index (χ4v) is 2.73. The summed E-state index contributed by atoms with van der Waals surface area (Å²) in [4.78, 5) is 23.0. The van der Waals surface area contributed by atoms with Crippen LogP contribution in [-0.2, 0) is 9.53 Å². The second kappa shape index (κ2) is 6.08. The van der Waals surface area contributed by atoms with Crippen molar-refractivity contribution in [1.29, 1.82) is 0 Å².